The van der Waals surface area contributed by atoms with E-state index in [1.54, 1.807) is 0 Å². The molecule has 146 valence electrons. The van der Waals surface area contributed by atoms with Crippen LogP contribution in [-0.4, -0.2) is 27.5 Å². The van der Waals surface area contributed by atoms with Crippen molar-refractivity contribution in [2.45, 2.75) is 25.4 Å². The Morgan fingerprint density at radius 2 is 1.59 bits per heavy atom. The zero-order chi connectivity index (χ0) is 19.5. The highest BCUT2D eigenvalue weighted by Gasteiger charge is 2.21. The van der Waals surface area contributed by atoms with Gasteiger partial charge in [0.15, 0.2) is 0 Å². The monoisotopic (exact) mass is 383 g/mol. The minimum Gasteiger partial charge on any atom is -0.457 e. The fourth-order valence-electron chi connectivity index (χ4n) is 4.22. The third kappa shape index (κ3) is 4.03. The van der Waals surface area contributed by atoms with E-state index >= 15 is 0 Å². The van der Waals surface area contributed by atoms with Crippen LogP contribution in [0.25, 0.3) is 11.0 Å². The van der Waals surface area contributed by atoms with Crippen LogP contribution >= 0.6 is 0 Å². The molecule has 0 radical (unpaired) electrons. The highest BCUT2D eigenvalue weighted by molar-refractivity contribution is 5.75. The number of nitrogens with zero attached hydrogens (tertiary/aromatic N) is 3. The average molecular weight is 383 g/mol. The SMILES string of the molecule is c1ccc(Oc2cccc(CN3CCC(n4cnc5ccccc54)CC3)c2)cc1. The van der Waals surface area contributed by atoms with Gasteiger partial charge in [-0.1, -0.05) is 42.5 Å². The molecule has 0 aliphatic carbocycles. The molecule has 0 bridgehead atoms. The van der Waals surface area contributed by atoms with E-state index < -0.39 is 0 Å². The second-order valence-corrected chi connectivity index (χ2v) is 7.71. The summed E-state index contributed by atoms with van der Waals surface area (Å²) in [6.45, 7) is 3.16. The zero-order valence-corrected chi connectivity index (χ0v) is 16.4. The second-order valence-electron chi connectivity index (χ2n) is 7.71. The maximum absolute atomic E-state index is 5.99. The quantitative estimate of drug-likeness (QED) is 0.445. The second kappa shape index (κ2) is 8.10. The topological polar surface area (TPSA) is 30.3 Å². The Balaban J connectivity index is 1.21. The zero-order valence-electron chi connectivity index (χ0n) is 16.4. The van der Waals surface area contributed by atoms with Crippen LogP contribution in [0.1, 0.15) is 24.4 Å². The molecule has 4 nitrogen and oxygen atoms in total. The summed E-state index contributed by atoms with van der Waals surface area (Å²) in [5, 5.41) is 0. The van der Waals surface area contributed by atoms with Gasteiger partial charge in [0.2, 0.25) is 0 Å². The normalized spacial score (nSPS) is 15.6. The van der Waals surface area contributed by atoms with E-state index in [2.05, 4.69) is 56.9 Å². The molecule has 0 atom stereocenters. The number of rotatable bonds is 5. The van der Waals surface area contributed by atoms with E-state index in [9.17, 15) is 0 Å². The molecule has 1 aromatic heterocycles. The molecule has 4 aromatic rings. The van der Waals surface area contributed by atoms with Gasteiger partial charge in [-0.2, -0.15) is 0 Å². The summed E-state index contributed by atoms with van der Waals surface area (Å²) in [7, 11) is 0. The molecular formula is C25H25N3O. The third-order valence-corrected chi connectivity index (χ3v) is 5.72. The summed E-state index contributed by atoms with van der Waals surface area (Å²) in [6.07, 6.45) is 4.32. The molecule has 0 unspecified atom stereocenters. The average Bonchev–Trinajstić information content (AvgIpc) is 3.20. The number of hydrogen-bond donors (Lipinski definition) is 0. The lowest BCUT2D eigenvalue weighted by Gasteiger charge is -2.33. The fourth-order valence-corrected chi connectivity index (χ4v) is 4.22. The first kappa shape index (κ1) is 18.0. The van der Waals surface area contributed by atoms with E-state index in [0.717, 1.165) is 49.5 Å². The van der Waals surface area contributed by atoms with Gasteiger partial charge in [0.1, 0.15) is 11.5 Å². The minimum absolute atomic E-state index is 0.534. The molecule has 4 heteroatoms. The van der Waals surface area contributed by atoms with Crippen molar-refractivity contribution in [3.63, 3.8) is 0 Å². The van der Waals surface area contributed by atoms with Crippen LogP contribution in [0.2, 0.25) is 0 Å². The van der Waals surface area contributed by atoms with E-state index in [0.29, 0.717) is 6.04 Å². The van der Waals surface area contributed by atoms with Crippen molar-refractivity contribution in [2.24, 2.45) is 0 Å². The van der Waals surface area contributed by atoms with E-state index in [1.807, 2.05) is 42.7 Å². The van der Waals surface area contributed by atoms with Crippen LogP contribution in [-0.2, 0) is 6.54 Å². The summed E-state index contributed by atoms with van der Waals surface area (Å²) < 4.78 is 8.35. The molecule has 3 aromatic carbocycles. The first-order chi connectivity index (χ1) is 14.3. The van der Waals surface area contributed by atoms with Crippen LogP contribution in [0.4, 0.5) is 0 Å². The van der Waals surface area contributed by atoms with Crippen molar-refractivity contribution in [3.05, 3.63) is 90.8 Å². The number of benzene rings is 3. The van der Waals surface area contributed by atoms with Crippen molar-refractivity contribution in [1.82, 2.24) is 14.5 Å². The summed E-state index contributed by atoms with van der Waals surface area (Å²) in [5.74, 6) is 1.77. The molecule has 29 heavy (non-hydrogen) atoms. The highest BCUT2D eigenvalue weighted by atomic mass is 16.5. The molecule has 0 spiro atoms. The van der Waals surface area contributed by atoms with Crippen LogP contribution in [0.3, 0.4) is 0 Å². The van der Waals surface area contributed by atoms with Crippen LogP contribution in [0, 0.1) is 0 Å². The molecule has 0 saturated carbocycles. The number of aromatic nitrogens is 2. The predicted octanol–water partition coefficient (Wildman–Crippen LogP) is 5.67. The number of fused-ring (bicyclic) bond motifs is 1. The molecular weight excluding hydrogens is 358 g/mol. The van der Waals surface area contributed by atoms with E-state index in [-0.39, 0.29) is 0 Å². The van der Waals surface area contributed by atoms with Gasteiger partial charge in [-0.05, 0) is 54.8 Å². The molecule has 2 heterocycles. The minimum atomic E-state index is 0.534. The highest BCUT2D eigenvalue weighted by Crippen LogP contribution is 2.28. The Kier molecular flexibility index (Phi) is 5.01. The first-order valence-corrected chi connectivity index (χ1v) is 10.3. The van der Waals surface area contributed by atoms with Gasteiger partial charge < -0.3 is 9.30 Å². The van der Waals surface area contributed by atoms with Gasteiger partial charge >= 0.3 is 0 Å². The number of ether oxygens (including phenoxy) is 1. The lowest BCUT2D eigenvalue weighted by atomic mass is 10.0. The standard InChI is InChI=1S/C25H25N3O/c1-2-8-22(9-3-1)29-23-10-6-7-20(17-23)18-27-15-13-21(14-16-27)28-19-26-24-11-4-5-12-25(24)28/h1-12,17,19,21H,13-16,18H2. The van der Waals surface area contributed by atoms with Crippen molar-refractivity contribution in [3.8, 4) is 11.5 Å². The van der Waals surface area contributed by atoms with Gasteiger partial charge in [-0.15, -0.1) is 0 Å². The van der Waals surface area contributed by atoms with Crippen molar-refractivity contribution in [2.75, 3.05) is 13.1 Å². The van der Waals surface area contributed by atoms with Gasteiger partial charge in [0, 0.05) is 25.7 Å². The molecule has 5 rings (SSSR count). The molecule has 0 amide bonds. The van der Waals surface area contributed by atoms with Crippen molar-refractivity contribution < 1.29 is 4.74 Å². The van der Waals surface area contributed by atoms with Gasteiger partial charge in [0.05, 0.1) is 17.4 Å². The number of piperidine rings is 1. The Labute approximate surface area is 171 Å². The maximum atomic E-state index is 5.99. The van der Waals surface area contributed by atoms with Crippen molar-refractivity contribution >= 4 is 11.0 Å². The molecule has 1 saturated heterocycles. The van der Waals surface area contributed by atoms with E-state index in [1.165, 1.54) is 11.1 Å². The number of likely N-dealkylation sites (tertiary alicyclic amines) is 1. The van der Waals surface area contributed by atoms with Gasteiger partial charge in [-0.25, -0.2) is 4.98 Å². The first-order valence-electron chi connectivity index (χ1n) is 10.3. The van der Waals surface area contributed by atoms with Gasteiger partial charge in [-0.3, -0.25) is 4.90 Å². The Hall–Kier alpha value is -3.11. The van der Waals surface area contributed by atoms with Crippen molar-refractivity contribution in [1.29, 1.82) is 0 Å². The lowest BCUT2D eigenvalue weighted by molar-refractivity contribution is 0.181. The third-order valence-electron chi connectivity index (χ3n) is 5.72. The molecule has 1 aliphatic heterocycles. The lowest BCUT2D eigenvalue weighted by Crippen LogP contribution is -2.34. The van der Waals surface area contributed by atoms with Crippen LogP contribution in [0.5, 0.6) is 11.5 Å². The summed E-state index contributed by atoms with van der Waals surface area (Å²) in [6, 6.07) is 27.3. The fraction of sp³-hybridized carbons (Fsp3) is 0.240. The number of para-hydroxylation sites is 3. The number of hydrogen-bond acceptors (Lipinski definition) is 3. The summed E-state index contributed by atoms with van der Waals surface area (Å²) in [5.41, 5.74) is 3.63. The Morgan fingerprint density at radius 3 is 2.45 bits per heavy atom. The smallest absolute Gasteiger partial charge is 0.127 e. The Bertz CT molecular complexity index is 1080. The Morgan fingerprint density at radius 1 is 0.828 bits per heavy atom. The van der Waals surface area contributed by atoms with E-state index in [4.69, 9.17) is 4.74 Å². The number of imidazole rings is 1. The van der Waals surface area contributed by atoms with Crippen LogP contribution < -0.4 is 4.74 Å². The van der Waals surface area contributed by atoms with Crippen LogP contribution in [0.15, 0.2) is 85.2 Å². The molecule has 0 N–H and O–H groups in total. The summed E-state index contributed by atoms with van der Waals surface area (Å²) >= 11 is 0. The maximum Gasteiger partial charge on any atom is 0.127 e. The molecule has 1 aliphatic rings. The van der Waals surface area contributed by atoms with Gasteiger partial charge in [0.25, 0.3) is 0 Å². The summed E-state index contributed by atoms with van der Waals surface area (Å²) in [4.78, 5) is 7.10. The largest absolute Gasteiger partial charge is 0.457 e. The molecule has 1 fully saturated rings. The predicted molar refractivity (Wildman–Crippen MR) is 116 cm³/mol.